The molecule has 0 atom stereocenters. The van der Waals surface area contributed by atoms with Crippen molar-refractivity contribution in [2.75, 3.05) is 18.5 Å². The first-order chi connectivity index (χ1) is 7.53. The van der Waals surface area contributed by atoms with E-state index < -0.39 is 0 Å². The molecule has 16 heavy (non-hydrogen) atoms. The molecule has 0 spiro atoms. The van der Waals surface area contributed by atoms with Crippen LogP contribution >= 0.6 is 15.9 Å². The lowest BCUT2D eigenvalue weighted by molar-refractivity contribution is 0.248. The lowest BCUT2D eigenvalue weighted by Crippen LogP contribution is -2.23. The molecule has 2 N–H and O–H groups in total. The Labute approximate surface area is 105 Å². The van der Waals surface area contributed by atoms with Gasteiger partial charge in [-0.2, -0.15) is 0 Å². The average molecular weight is 287 g/mol. The molecule has 90 valence electrons. The van der Waals surface area contributed by atoms with Crippen molar-refractivity contribution in [1.29, 1.82) is 0 Å². The van der Waals surface area contributed by atoms with Crippen LogP contribution in [0.5, 0.6) is 0 Å². The smallest absolute Gasteiger partial charge is 0.0538 e. The molecule has 0 aliphatic rings. The SMILES string of the molecule is CC(C)(CCCO)CNc1cncc(Br)c1. The van der Waals surface area contributed by atoms with Gasteiger partial charge in [-0.3, -0.25) is 4.98 Å². The van der Waals surface area contributed by atoms with Gasteiger partial charge in [-0.05, 0) is 40.3 Å². The third-order valence-corrected chi connectivity index (χ3v) is 2.92. The highest BCUT2D eigenvalue weighted by molar-refractivity contribution is 9.10. The first-order valence-electron chi connectivity index (χ1n) is 5.49. The van der Waals surface area contributed by atoms with E-state index in [9.17, 15) is 0 Å². The molecule has 0 aromatic carbocycles. The Morgan fingerprint density at radius 2 is 2.19 bits per heavy atom. The highest BCUT2D eigenvalue weighted by atomic mass is 79.9. The number of nitrogens with zero attached hydrogens (tertiary/aromatic N) is 1. The van der Waals surface area contributed by atoms with Gasteiger partial charge >= 0.3 is 0 Å². The number of anilines is 1. The van der Waals surface area contributed by atoms with E-state index in [0.717, 1.165) is 29.5 Å². The fraction of sp³-hybridized carbons (Fsp3) is 0.583. The third kappa shape index (κ3) is 4.94. The number of halogens is 1. The molecular formula is C12H19BrN2O. The second-order valence-corrected chi connectivity index (χ2v) is 5.65. The van der Waals surface area contributed by atoms with Crippen molar-refractivity contribution >= 4 is 21.6 Å². The highest BCUT2D eigenvalue weighted by Gasteiger charge is 2.16. The number of hydrogen-bond acceptors (Lipinski definition) is 3. The van der Waals surface area contributed by atoms with Crippen LogP contribution in [-0.2, 0) is 0 Å². The number of pyridine rings is 1. The molecule has 0 bridgehead atoms. The zero-order valence-corrected chi connectivity index (χ0v) is 11.4. The second kappa shape index (κ2) is 6.21. The minimum atomic E-state index is 0.186. The van der Waals surface area contributed by atoms with Crippen molar-refractivity contribution in [1.82, 2.24) is 4.98 Å². The summed E-state index contributed by atoms with van der Waals surface area (Å²) in [5.41, 5.74) is 1.21. The zero-order valence-electron chi connectivity index (χ0n) is 9.83. The molecule has 1 rings (SSSR count). The molecule has 1 aromatic heterocycles. The number of aliphatic hydroxyl groups excluding tert-OH is 1. The number of aromatic nitrogens is 1. The topological polar surface area (TPSA) is 45.1 Å². The molecule has 1 aromatic rings. The van der Waals surface area contributed by atoms with Crippen LogP contribution in [0.2, 0.25) is 0 Å². The number of rotatable bonds is 6. The summed E-state index contributed by atoms with van der Waals surface area (Å²) in [6.07, 6.45) is 5.44. The molecule has 3 nitrogen and oxygen atoms in total. The van der Waals surface area contributed by atoms with Crippen molar-refractivity contribution in [2.24, 2.45) is 5.41 Å². The van der Waals surface area contributed by atoms with Gasteiger partial charge in [-0.15, -0.1) is 0 Å². The Bertz CT molecular complexity index is 329. The summed E-state index contributed by atoms with van der Waals surface area (Å²) in [7, 11) is 0. The minimum Gasteiger partial charge on any atom is -0.396 e. The summed E-state index contributed by atoms with van der Waals surface area (Å²) in [6, 6.07) is 2.01. The maximum Gasteiger partial charge on any atom is 0.0538 e. The molecule has 1 heterocycles. The first kappa shape index (κ1) is 13.5. The lowest BCUT2D eigenvalue weighted by Gasteiger charge is -2.25. The largest absolute Gasteiger partial charge is 0.396 e. The van der Waals surface area contributed by atoms with Crippen LogP contribution in [-0.4, -0.2) is 23.2 Å². The number of aliphatic hydroxyl groups is 1. The van der Waals surface area contributed by atoms with E-state index in [1.807, 2.05) is 12.3 Å². The van der Waals surface area contributed by atoms with Gasteiger partial charge in [0.25, 0.3) is 0 Å². The Morgan fingerprint density at radius 1 is 1.44 bits per heavy atom. The van der Waals surface area contributed by atoms with E-state index in [2.05, 4.69) is 40.1 Å². The van der Waals surface area contributed by atoms with Gasteiger partial charge in [-0.1, -0.05) is 13.8 Å². The maximum absolute atomic E-state index is 8.81. The van der Waals surface area contributed by atoms with Crippen molar-refractivity contribution in [3.63, 3.8) is 0 Å². The zero-order chi connectivity index (χ0) is 12.0. The van der Waals surface area contributed by atoms with Gasteiger partial charge in [0.15, 0.2) is 0 Å². The second-order valence-electron chi connectivity index (χ2n) is 4.74. The van der Waals surface area contributed by atoms with Crippen LogP contribution < -0.4 is 5.32 Å². The molecule has 0 aliphatic carbocycles. The summed E-state index contributed by atoms with van der Waals surface area (Å²) in [5, 5.41) is 12.2. The quantitative estimate of drug-likeness (QED) is 0.845. The Hall–Kier alpha value is -0.610. The van der Waals surface area contributed by atoms with Crippen LogP contribution in [0.1, 0.15) is 26.7 Å². The van der Waals surface area contributed by atoms with E-state index in [4.69, 9.17) is 5.11 Å². The molecule has 0 fully saturated rings. The molecule has 4 heteroatoms. The summed E-state index contributed by atoms with van der Waals surface area (Å²) in [4.78, 5) is 4.10. The van der Waals surface area contributed by atoms with Gasteiger partial charge in [-0.25, -0.2) is 0 Å². The summed E-state index contributed by atoms with van der Waals surface area (Å²) < 4.78 is 0.977. The van der Waals surface area contributed by atoms with Crippen molar-refractivity contribution in [3.05, 3.63) is 22.9 Å². The maximum atomic E-state index is 8.81. The molecule has 0 amide bonds. The fourth-order valence-corrected chi connectivity index (χ4v) is 1.86. The molecule has 0 saturated carbocycles. The highest BCUT2D eigenvalue weighted by Crippen LogP contribution is 2.23. The van der Waals surface area contributed by atoms with Gasteiger partial charge in [0.05, 0.1) is 11.9 Å². The molecular weight excluding hydrogens is 268 g/mol. The molecule has 0 unspecified atom stereocenters. The molecule has 0 saturated heterocycles. The van der Waals surface area contributed by atoms with Gasteiger partial charge in [0.1, 0.15) is 0 Å². The van der Waals surface area contributed by atoms with Crippen LogP contribution in [0.3, 0.4) is 0 Å². The minimum absolute atomic E-state index is 0.186. The number of hydrogen-bond donors (Lipinski definition) is 2. The summed E-state index contributed by atoms with van der Waals surface area (Å²) >= 11 is 3.39. The van der Waals surface area contributed by atoms with Crippen LogP contribution in [0.15, 0.2) is 22.9 Å². The van der Waals surface area contributed by atoms with E-state index in [1.165, 1.54) is 0 Å². The first-order valence-corrected chi connectivity index (χ1v) is 6.28. The van der Waals surface area contributed by atoms with Crippen molar-refractivity contribution < 1.29 is 5.11 Å². The standard InChI is InChI=1S/C12H19BrN2O/c1-12(2,4-3-5-16)9-15-11-6-10(13)7-14-8-11/h6-8,15-16H,3-5,9H2,1-2H3. The molecule has 0 aliphatic heterocycles. The van der Waals surface area contributed by atoms with E-state index >= 15 is 0 Å². The van der Waals surface area contributed by atoms with Gasteiger partial charge in [0.2, 0.25) is 0 Å². The van der Waals surface area contributed by atoms with E-state index in [0.29, 0.717) is 0 Å². The van der Waals surface area contributed by atoms with Crippen molar-refractivity contribution in [2.45, 2.75) is 26.7 Å². The Balaban J connectivity index is 2.44. The van der Waals surface area contributed by atoms with Gasteiger partial charge < -0.3 is 10.4 Å². The molecule has 0 radical (unpaired) electrons. The normalized spacial score (nSPS) is 11.5. The van der Waals surface area contributed by atoms with Gasteiger partial charge in [0, 0.05) is 23.8 Å². The summed E-state index contributed by atoms with van der Waals surface area (Å²) in [6.45, 7) is 5.54. The fourth-order valence-electron chi connectivity index (χ4n) is 1.50. The lowest BCUT2D eigenvalue weighted by atomic mass is 9.88. The van der Waals surface area contributed by atoms with Crippen molar-refractivity contribution in [3.8, 4) is 0 Å². The van der Waals surface area contributed by atoms with Crippen LogP contribution in [0.4, 0.5) is 5.69 Å². The number of nitrogens with one attached hydrogen (secondary N) is 1. The van der Waals surface area contributed by atoms with E-state index in [1.54, 1.807) is 6.20 Å². The predicted octanol–water partition coefficient (Wildman–Crippen LogP) is 3.05. The Kier molecular flexibility index (Phi) is 5.22. The van der Waals surface area contributed by atoms with E-state index in [-0.39, 0.29) is 12.0 Å². The van der Waals surface area contributed by atoms with Crippen LogP contribution in [0, 0.1) is 5.41 Å². The Morgan fingerprint density at radius 3 is 2.81 bits per heavy atom. The van der Waals surface area contributed by atoms with Crippen LogP contribution in [0.25, 0.3) is 0 Å². The monoisotopic (exact) mass is 286 g/mol. The average Bonchev–Trinajstić information content (AvgIpc) is 2.24. The third-order valence-electron chi connectivity index (χ3n) is 2.49. The predicted molar refractivity (Wildman–Crippen MR) is 70.5 cm³/mol. The summed E-state index contributed by atoms with van der Waals surface area (Å²) in [5.74, 6) is 0.